The highest BCUT2D eigenvalue weighted by molar-refractivity contribution is 5.99. The van der Waals surface area contributed by atoms with Gasteiger partial charge in [0.25, 0.3) is 0 Å². The Morgan fingerprint density at radius 2 is 1.85 bits per heavy atom. The van der Waals surface area contributed by atoms with Crippen LogP contribution in [0.3, 0.4) is 0 Å². The predicted octanol–water partition coefficient (Wildman–Crippen LogP) is 4.30. The minimum absolute atomic E-state index is 0.0373. The van der Waals surface area contributed by atoms with Gasteiger partial charge in [-0.05, 0) is 30.3 Å². The van der Waals surface area contributed by atoms with E-state index in [0.717, 1.165) is 24.4 Å². The Labute approximate surface area is 191 Å². The molecule has 0 fully saturated rings. The molecule has 0 saturated carbocycles. The second-order valence-corrected chi connectivity index (χ2v) is 6.99. The van der Waals surface area contributed by atoms with Crippen LogP contribution in [-0.4, -0.2) is 30.6 Å². The van der Waals surface area contributed by atoms with Gasteiger partial charge in [0.2, 0.25) is 17.8 Å². The molecule has 1 amide bonds. The maximum absolute atomic E-state index is 14.6. The highest BCUT2D eigenvalue weighted by Gasteiger charge is 2.16. The van der Waals surface area contributed by atoms with Crippen LogP contribution in [0.5, 0.6) is 0 Å². The standard InChI is InChI=1S/C22H17F3N8O/c1-3-19(34)29-13-4-5-16(23)18(7-13)31-21-15(12-6-17(24)20(25)26-8-12)10-27-22(32-21)30-14-9-28-33(2)11-14/h3-11H,1H2,2H3,(H,29,34)(H2,27,30,31,32). The van der Waals surface area contributed by atoms with Gasteiger partial charge in [-0.3, -0.25) is 9.48 Å². The Bertz CT molecular complexity index is 1390. The number of hydrogen-bond donors (Lipinski definition) is 3. The number of aromatic nitrogens is 5. The number of aryl methyl sites for hydroxylation is 1. The summed E-state index contributed by atoms with van der Waals surface area (Å²) < 4.78 is 43.4. The maximum atomic E-state index is 14.6. The molecule has 3 aromatic heterocycles. The number of rotatable bonds is 7. The fourth-order valence-electron chi connectivity index (χ4n) is 2.95. The van der Waals surface area contributed by atoms with Gasteiger partial charge in [-0.15, -0.1) is 0 Å². The molecule has 4 aromatic rings. The third-order valence-electron chi connectivity index (χ3n) is 4.53. The molecule has 3 N–H and O–H groups in total. The average Bonchev–Trinajstić information content (AvgIpc) is 3.22. The maximum Gasteiger partial charge on any atom is 0.248 e. The average molecular weight is 466 g/mol. The summed E-state index contributed by atoms with van der Waals surface area (Å²) in [5.74, 6) is -3.35. The molecule has 0 spiro atoms. The number of carbonyl (C=O) groups excluding carboxylic acids is 1. The van der Waals surface area contributed by atoms with E-state index in [0.29, 0.717) is 11.4 Å². The molecule has 0 aliphatic heterocycles. The Balaban J connectivity index is 1.75. The number of hydrogen-bond acceptors (Lipinski definition) is 7. The number of benzene rings is 1. The van der Waals surface area contributed by atoms with Crippen molar-refractivity contribution < 1.29 is 18.0 Å². The lowest BCUT2D eigenvalue weighted by atomic mass is 10.1. The molecular formula is C22H17F3N8O. The Morgan fingerprint density at radius 1 is 1.03 bits per heavy atom. The van der Waals surface area contributed by atoms with Crippen molar-refractivity contribution in [2.45, 2.75) is 0 Å². The van der Waals surface area contributed by atoms with Crippen LogP contribution in [0.15, 0.2) is 61.7 Å². The number of anilines is 5. The van der Waals surface area contributed by atoms with E-state index < -0.39 is 23.5 Å². The van der Waals surface area contributed by atoms with Crippen molar-refractivity contribution in [1.82, 2.24) is 24.7 Å². The molecule has 0 atom stereocenters. The highest BCUT2D eigenvalue weighted by Crippen LogP contribution is 2.32. The first kappa shape index (κ1) is 22.5. The van der Waals surface area contributed by atoms with Gasteiger partial charge in [-0.1, -0.05) is 6.58 Å². The first-order valence-corrected chi connectivity index (χ1v) is 9.76. The molecule has 0 aliphatic carbocycles. The van der Waals surface area contributed by atoms with Crippen LogP contribution in [0, 0.1) is 17.6 Å². The lowest BCUT2D eigenvalue weighted by Crippen LogP contribution is -2.08. The Morgan fingerprint density at radius 3 is 2.56 bits per heavy atom. The van der Waals surface area contributed by atoms with Gasteiger partial charge in [-0.25, -0.2) is 18.7 Å². The highest BCUT2D eigenvalue weighted by atomic mass is 19.2. The van der Waals surface area contributed by atoms with E-state index in [4.69, 9.17) is 0 Å². The van der Waals surface area contributed by atoms with Crippen LogP contribution >= 0.6 is 0 Å². The normalized spacial score (nSPS) is 10.6. The summed E-state index contributed by atoms with van der Waals surface area (Å²) in [5, 5.41) is 12.4. The van der Waals surface area contributed by atoms with Gasteiger partial charge in [0, 0.05) is 42.5 Å². The summed E-state index contributed by atoms with van der Waals surface area (Å²) in [6, 6.07) is 4.80. The number of nitrogens with zero attached hydrogens (tertiary/aromatic N) is 5. The quantitative estimate of drug-likeness (QED) is 0.275. The minimum atomic E-state index is -1.26. The van der Waals surface area contributed by atoms with E-state index in [1.165, 1.54) is 18.3 Å². The summed E-state index contributed by atoms with van der Waals surface area (Å²) in [7, 11) is 1.74. The molecule has 0 radical (unpaired) electrons. The van der Waals surface area contributed by atoms with Crippen molar-refractivity contribution in [2.24, 2.45) is 7.05 Å². The molecular weight excluding hydrogens is 449 g/mol. The summed E-state index contributed by atoms with van der Waals surface area (Å²) in [6.45, 7) is 3.37. The molecule has 0 aliphatic rings. The van der Waals surface area contributed by atoms with Crippen molar-refractivity contribution in [3.8, 4) is 11.1 Å². The number of halogens is 3. The van der Waals surface area contributed by atoms with E-state index in [-0.39, 0.29) is 28.6 Å². The van der Waals surface area contributed by atoms with E-state index in [9.17, 15) is 18.0 Å². The molecule has 4 rings (SSSR count). The minimum Gasteiger partial charge on any atom is -0.337 e. The summed E-state index contributed by atoms with van der Waals surface area (Å²) >= 11 is 0. The Kier molecular flexibility index (Phi) is 6.21. The smallest absolute Gasteiger partial charge is 0.248 e. The van der Waals surface area contributed by atoms with Crippen LogP contribution in [0.1, 0.15) is 0 Å². The Hall–Kier alpha value is -4.74. The molecule has 12 heteroatoms. The third kappa shape index (κ3) is 5.01. The van der Waals surface area contributed by atoms with Crippen LogP contribution < -0.4 is 16.0 Å². The number of amides is 1. The number of pyridine rings is 1. The van der Waals surface area contributed by atoms with Gasteiger partial charge < -0.3 is 16.0 Å². The molecule has 34 heavy (non-hydrogen) atoms. The SMILES string of the molecule is C=CC(=O)Nc1ccc(F)c(Nc2nc(Nc3cnn(C)c3)ncc2-c2cnc(F)c(F)c2)c1. The first-order valence-electron chi connectivity index (χ1n) is 9.76. The van der Waals surface area contributed by atoms with E-state index in [1.54, 1.807) is 24.1 Å². The monoisotopic (exact) mass is 466 g/mol. The fourth-order valence-corrected chi connectivity index (χ4v) is 2.95. The second-order valence-electron chi connectivity index (χ2n) is 6.99. The fraction of sp³-hybridized carbons (Fsp3) is 0.0455. The lowest BCUT2D eigenvalue weighted by molar-refractivity contribution is -0.111. The zero-order valence-corrected chi connectivity index (χ0v) is 17.7. The van der Waals surface area contributed by atoms with Gasteiger partial charge in [-0.2, -0.15) is 14.5 Å². The molecule has 0 bridgehead atoms. The van der Waals surface area contributed by atoms with Crippen molar-refractivity contribution in [3.05, 3.63) is 79.3 Å². The van der Waals surface area contributed by atoms with Crippen LogP contribution in [0.25, 0.3) is 11.1 Å². The topological polar surface area (TPSA) is 110 Å². The molecule has 9 nitrogen and oxygen atoms in total. The molecule has 0 saturated heterocycles. The molecule has 172 valence electrons. The van der Waals surface area contributed by atoms with Gasteiger partial charge in [0.05, 0.1) is 17.6 Å². The second kappa shape index (κ2) is 9.40. The van der Waals surface area contributed by atoms with Crippen LogP contribution in [0.2, 0.25) is 0 Å². The largest absolute Gasteiger partial charge is 0.337 e. The van der Waals surface area contributed by atoms with E-state index >= 15 is 0 Å². The first-order chi connectivity index (χ1) is 16.3. The van der Waals surface area contributed by atoms with Crippen molar-refractivity contribution in [3.63, 3.8) is 0 Å². The van der Waals surface area contributed by atoms with E-state index in [2.05, 4.69) is 42.6 Å². The van der Waals surface area contributed by atoms with Crippen molar-refractivity contribution >= 4 is 34.7 Å². The summed E-state index contributed by atoms with van der Waals surface area (Å²) in [6.07, 6.45) is 6.77. The molecule has 0 unspecified atom stereocenters. The predicted molar refractivity (Wildman–Crippen MR) is 120 cm³/mol. The summed E-state index contributed by atoms with van der Waals surface area (Å²) in [5.41, 5.74) is 1.24. The lowest BCUT2D eigenvalue weighted by Gasteiger charge is -2.14. The van der Waals surface area contributed by atoms with Crippen molar-refractivity contribution in [2.75, 3.05) is 16.0 Å². The van der Waals surface area contributed by atoms with Gasteiger partial charge >= 0.3 is 0 Å². The van der Waals surface area contributed by atoms with Crippen molar-refractivity contribution in [1.29, 1.82) is 0 Å². The molecule has 1 aromatic carbocycles. The number of nitrogens with one attached hydrogen (secondary N) is 3. The van der Waals surface area contributed by atoms with E-state index in [1.807, 2.05) is 0 Å². The van der Waals surface area contributed by atoms with Crippen LogP contribution in [0.4, 0.5) is 42.0 Å². The third-order valence-corrected chi connectivity index (χ3v) is 4.53. The molecule has 3 heterocycles. The zero-order chi connectivity index (χ0) is 24.2. The van der Waals surface area contributed by atoms with Gasteiger partial charge in [0.1, 0.15) is 11.6 Å². The van der Waals surface area contributed by atoms with Crippen LogP contribution in [-0.2, 0) is 11.8 Å². The number of carbonyl (C=O) groups is 1. The van der Waals surface area contributed by atoms with Gasteiger partial charge in [0.15, 0.2) is 5.82 Å². The summed E-state index contributed by atoms with van der Waals surface area (Å²) in [4.78, 5) is 23.6. The zero-order valence-electron chi connectivity index (χ0n) is 17.7.